The Morgan fingerprint density at radius 3 is 2.84 bits per heavy atom. The number of piperidine rings is 1. The highest BCUT2D eigenvalue weighted by Gasteiger charge is 2.22. The molecule has 0 bridgehead atoms. The highest BCUT2D eigenvalue weighted by Crippen LogP contribution is 2.27. The van der Waals surface area contributed by atoms with Crippen molar-refractivity contribution in [1.29, 1.82) is 0 Å². The van der Waals surface area contributed by atoms with Gasteiger partial charge in [-0.05, 0) is 50.9 Å². The SMILES string of the molecule is CC1CCNC(CN(C)C(C)c2ccccc2Cl)C1. The number of halogens is 1. The normalized spacial score (nSPS) is 25.5. The lowest BCUT2D eigenvalue weighted by molar-refractivity contribution is 0.198. The van der Waals surface area contributed by atoms with Gasteiger partial charge in [-0.25, -0.2) is 0 Å². The first kappa shape index (κ1) is 14.8. The van der Waals surface area contributed by atoms with E-state index >= 15 is 0 Å². The maximum absolute atomic E-state index is 6.29. The molecule has 106 valence electrons. The summed E-state index contributed by atoms with van der Waals surface area (Å²) in [5.41, 5.74) is 1.22. The van der Waals surface area contributed by atoms with Crippen molar-refractivity contribution in [3.63, 3.8) is 0 Å². The molecule has 3 heteroatoms. The Labute approximate surface area is 122 Å². The van der Waals surface area contributed by atoms with Crippen LogP contribution in [-0.4, -0.2) is 31.1 Å². The van der Waals surface area contributed by atoms with Crippen molar-refractivity contribution in [2.45, 2.75) is 38.8 Å². The highest BCUT2D eigenvalue weighted by molar-refractivity contribution is 6.31. The minimum atomic E-state index is 0.354. The van der Waals surface area contributed by atoms with Crippen molar-refractivity contribution in [3.05, 3.63) is 34.9 Å². The molecule has 2 rings (SSSR count). The van der Waals surface area contributed by atoms with Gasteiger partial charge in [0.1, 0.15) is 0 Å². The van der Waals surface area contributed by atoms with Crippen LogP contribution in [0.2, 0.25) is 5.02 Å². The van der Waals surface area contributed by atoms with Gasteiger partial charge in [-0.15, -0.1) is 0 Å². The second kappa shape index (κ2) is 6.74. The zero-order valence-electron chi connectivity index (χ0n) is 12.2. The first-order valence-electron chi connectivity index (χ1n) is 7.26. The fraction of sp³-hybridized carbons (Fsp3) is 0.625. The van der Waals surface area contributed by atoms with Gasteiger partial charge in [0, 0.05) is 23.7 Å². The Balaban J connectivity index is 1.95. The number of nitrogens with one attached hydrogen (secondary N) is 1. The molecule has 2 nitrogen and oxygen atoms in total. The molecule has 0 amide bonds. The predicted octanol–water partition coefficient (Wildman–Crippen LogP) is 3.72. The molecule has 0 saturated carbocycles. The van der Waals surface area contributed by atoms with Crippen molar-refractivity contribution in [2.24, 2.45) is 5.92 Å². The monoisotopic (exact) mass is 280 g/mol. The summed E-state index contributed by atoms with van der Waals surface area (Å²) in [6.07, 6.45) is 2.58. The third-order valence-electron chi connectivity index (χ3n) is 4.28. The van der Waals surface area contributed by atoms with Crippen LogP contribution in [0.1, 0.15) is 38.3 Å². The van der Waals surface area contributed by atoms with Gasteiger partial charge in [-0.1, -0.05) is 36.7 Å². The molecule has 1 saturated heterocycles. The number of hydrogen-bond acceptors (Lipinski definition) is 2. The molecule has 3 atom stereocenters. The quantitative estimate of drug-likeness (QED) is 0.904. The van der Waals surface area contributed by atoms with Crippen LogP contribution in [0, 0.1) is 5.92 Å². The summed E-state index contributed by atoms with van der Waals surface area (Å²) in [5.74, 6) is 0.843. The van der Waals surface area contributed by atoms with E-state index in [1.165, 1.54) is 18.4 Å². The van der Waals surface area contributed by atoms with Crippen LogP contribution in [0.4, 0.5) is 0 Å². The van der Waals surface area contributed by atoms with Gasteiger partial charge in [0.25, 0.3) is 0 Å². The Hall–Kier alpha value is -0.570. The summed E-state index contributed by atoms with van der Waals surface area (Å²) in [6, 6.07) is 9.12. The average molecular weight is 281 g/mol. The topological polar surface area (TPSA) is 15.3 Å². The number of benzene rings is 1. The van der Waals surface area contributed by atoms with Crippen LogP contribution in [0.15, 0.2) is 24.3 Å². The zero-order chi connectivity index (χ0) is 13.8. The molecule has 1 N–H and O–H groups in total. The molecule has 0 aromatic heterocycles. The van der Waals surface area contributed by atoms with Crippen molar-refractivity contribution in [2.75, 3.05) is 20.1 Å². The Morgan fingerprint density at radius 2 is 2.16 bits per heavy atom. The first-order valence-corrected chi connectivity index (χ1v) is 7.63. The van der Waals surface area contributed by atoms with Crippen molar-refractivity contribution in [1.82, 2.24) is 10.2 Å². The fourth-order valence-corrected chi connectivity index (χ4v) is 3.21. The van der Waals surface area contributed by atoms with Crippen LogP contribution < -0.4 is 5.32 Å². The van der Waals surface area contributed by atoms with Crippen molar-refractivity contribution >= 4 is 11.6 Å². The second-order valence-corrected chi connectivity index (χ2v) is 6.32. The molecule has 1 aliphatic heterocycles. The van der Waals surface area contributed by atoms with Crippen molar-refractivity contribution < 1.29 is 0 Å². The lowest BCUT2D eigenvalue weighted by atomic mass is 9.93. The van der Waals surface area contributed by atoms with Crippen LogP contribution in [-0.2, 0) is 0 Å². The third kappa shape index (κ3) is 3.95. The summed E-state index contributed by atoms with van der Waals surface area (Å²) < 4.78 is 0. The summed E-state index contributed by atoms with van der Waals surface area (Å²) in [7, 11) is 2.19. The number of likely N-dealkylation sites (N-methyl/N-ethyl adjacent to an activating group) is 1. The van der Waals surface area contributed by atoms with Crippen LogP contribution in [0.5, 0.6) is 0 Å². The van der Waals surface area contributed by atoms with E-state index in [2.05, 4.69) is 43.2 Å². The summed E-state index contributed by atoms with van der Waals surface area (Å²) >= 11 is 6.29. The molecule has 19 heavy (non-hydrogen) atoms. The van der Waals surface area contributed by atoms with Gasteiger partial charge >= 0.3 is 0 Å². The minimum Gasteiger partial charge on any atom is -0.313 e. The number of nitrogens with zero attached hydrogens (tertiary/aromatic N) is 1. The van der Waals surface area contributed by atoms with Crippen LogP contribution in [0.3, 0.4) is 0 Å². The summed E-state index contributed by atoms with van der Waals surface area (Å²) in [6.45, 7) is 6.82. The Morgan fingerprint density at radius 1 is 1.42 bits per heavy atom. The molecule has 1 aromatic carbocycles. The number of rotatable bonds is 4. The minimum absolute atomic E-state index is 0.354. The lowest BCUT2D eigenvalue weighted by Crippen LogP contribution is -2.45. The van der Waals surface area contributed by atoms with E-state index in [1.807, 2.05) is 12.1 Å². The predicted molar refractivity (Wildman–Crippen MR) is 82.7 cm³/mol. The molecule has 1 aromatic rings. The van der Waals surface area contributed by atoms with E-state index < -0.39 is 0 Å². The van der Waals surface area contributed by atoms with Crippen LogP contribution >= 0.6 is 11.6 Å². The highest BCUT2D eigenvalue weighted by atomic mass is 35.5. The van der Waals surface area contributed by atoms with Crippen molar-refractivity contribution in [3.8, 4) is 0 Å². The largest absolute Gasteiger partial charge is 0.313 e. The molecular weight excluding hydrogens is 256 g/mol. The fourth-order valence-electron chi connectivity index (χ4n) is 2.92. The maximum Gasteiger partial charge on any atom is 0.0453 e. The first-order chi connectivity index (χ1) is 9.08. The molecule has 0 spiro atoms. The van der Waals surface area contributed by atoms with Gasteiger partial charge in [0.2, 0.25) is 0 Å². The standard InChI is InChI=1S/C16H25ClN2/c1-12-8-9-18-14(10-12)11-19(3)13(2)15-6-4-5-7-16(15)17/h4-7,12-14,18H,8-11H2,1-3H3. The molecular formula is C16H25ClN2. The Bertz CT molecular complexity index is 407. The molecule has 1 heterocycles. The molecule has 1 fully saturated rings. The van der Waals surface area contributed by atoms with E-state index in [0.717, 1.165) is 24.0 Å². The smallest absolute Gasteiger partial charge is 0.0453 e. The van der Waals surface area contributed by atoms with Gasteiger partial charge in [-0.2, -0.15) is 0 Å². The zero-order valence-corrected chi connectivity index (χ0v) is 13.0. The average Bonchev–Trinajstić information content (AvgIpc) is 2.38. The van der Waals surface area contributed by atoms with Gasteiger partial charge in [0.15, 0.2) is 0 Å². The molecule has 0 radical (unpaired) electrons. The van der Waals surface area contributed by atoms with E-state index in [-0.39, 0.29) is 0 Å². The summed E-state index contributed by atoms with van der Waals surface area (Å²) in [4.78, 5) is 2.40. The van der Waals surface area contributed by atoms with E-state index in [1.54, 1.807) is 0 Å². The van der Waals surface area contributed by atoms with E-state index in [9.17, 15) is 0 Å². The van der Waals surface area contributed by atoms with Gasteiger partial charge < -0.3 is 5.32 Å². The molecule has 0 aliphatic carbocycles. The molecule has 1 aliphatic rings. The van der Waals surface area contributed by atoms with E-state index in [0.29, 0.717) is 12.1 Å². The second-order valence-electron chi connectivity index (χ2n) is 5.92. The van der Waals surface area contributed by atoms with Gasteiger partial charge in [0.05, 0.1) is 0 Å². The molecule has 3 unspecified atom stereocenters. The van der Waals surface area contributed by atoms with Gasteiger partial charge in [-0.3, -0.25) is 4.90 Å². The Kier molecular flexibility index (Phi) is 5.26. The summed E-state index contributed by atoms with van der Waals surface area (Å²) in [5, 5.41) is 4.49. The lowest BCUT2D eigenvalue weighted by Gasteiger charge is -2.34. The number of hydrogen-bond donors (Lipinski definition) is 1. The maximum atomic E-state index is 6.29. The van der Waals surface area contributed by atoms with E-state index in [4.69, 9.17) is 11.6 Å². The third-order valence-corrected chi connectivity index (χ3v) is 4.63. The van der Waals surface area contributed by atoms with Crippen LogP contribution in [0.25, 0.3) is 0 Å².